The molecule has 1 heterocycles. The lowest BCUT2D eigenvalue weighted by Crippen LogP contribution is -2.36. The van der Waals surface area contributed by atoms with Crippen LogP contribution in [0.25, 0.3) is 6.08 Å². The number of rotatable bonds is 5. The van der Waals surface area contributed by atoms with E-state index < -0.39 is 23.0 Å². The molecule has 0 spiro atoms. The minimum Gasteiger partial charge on any atom is -0.427 e. The number of anilines is 1. The first kappa shape index (κ1) is 21.3. The molecule has 1 saturated heterocycles. The van der Waals surface area contributed by atoms with Crippen LogP contribution in [0.15, 0.2) is 47.4 Å². The first-order valence-electron chi connectivity index (χ1n) is 9.14. The fourth-order valence-electron chi connectivity index (χ4n) is 2.81. The minimum atomic E-state index is -0.523. The van der Waals surface area contributed by atoms with Gasteiger partial charge in [-0.15, -0.1) is 0 Å². The molecular weight excluding hydrogens is 404 g/mol. The summed E-state index contributed by atoms with van der Waals surface area (Å²) in [6.07, 6.45) is 1.56. The number of hydrogen-bond acceptors (Lipinski definition) is 6. The quantitative estimate of drug-likeness (QED) is 0.445. The van der Waals surface area contributed by atoms with Crippen molar-refractivity contribution in [3.63, 3.8) is 0 Å². The van der Waals surface area contributed by atoms with E-state index in [1.165, 1.54) is 6.92 Å². The number of imide groups is 1. The summed E-state index contributed by atoms with van der Waals surface area (Å²) in [7, 11) is 0. The van der Waals surface area contributed by atoms with E-state index in [1.54, 1.807) is 36.4 Å². The van der Waals surface area contributed by atoms with E-state index in [0.29, 0.717) is 17.0 Å². The van der Waals surface area contributed by atoms with Crippen molar-refractivity contribution in [1.29, 1.82) is 0 Å². The molecule has 1 aliphatic rings. The number of amides is 3. The molecule has 1 N–H and O–H groups in total. The number of carbonyl (C=O) groups is 4. The molecule has 0 aromatic heterocycles. The van der Waals surface area contributed by atoms with Crippen molar-refractivity contribution in [2.75, 3.05) is 11.9 Å². The molecule has 0 aliphatic carbocycles. The topological polar surface area (TPSA) is 92.8 Å². The highest BCUT2D eigenvalue weighted by Gasteiger charge is 2.36. The van der Waals surface area contributed by atoms with Gasteiger partial charge >= 0.3 is 5.97 Å². The second-order valence-electron chi connectivity index (χ2n) is 6.73. The van der Waals surface area contributed by atoms with Gasteiger partial charge in [0.25, 0.3) is 11.1 Å². The van der Waals surface area contributed by atoms with Crippen LogP contribution in [0.4, 0.5) is 10.5 Å². The molecule has 154 valence electrons. The molecular formula is C22H20N2O5S. The molecule has 2 aromatic carbocycles. The van der Waals surface area contributed by atoms with Crippen LogP contribution in [0, 0.1) is 13.8 Å². The van der Waals surface area contributed by atoms with E-state index in [1.807, 2.05) is 26.0 Å². The van der Waals surface area contributed by atoms with E-state index in [4.69, 9.17) is 4.74 Å². The normalized spacial score (nSPS) is 14.9. The summed E-state index contributed by atoms with van der Waals surface area (Å²) in [5.41, 5.74) is 3.27. The lowest BCUT2D eigenvalue weighted by Gasteiger charge is -2.14. The SMILES string of the molecule is CC(=O)Oc1ccc(/C=C2/SC(=O)N(CC(=O)Nc3cccc(C)c3C)C2=O)cc1. The van der Waals surface area contributed by atoms with E-state index in [0.717, 1.165) is 27.8 Å². The van der Waals surface area contributed by atoms with Crippen LogP contribution in [0.5, 0.6) is 5.75 Å². The number of nitrogens with one attached hydrogen (secondary N) is 1. The molecule has 0 radical (unpaired) electrons. The van der Waals surface area contributed by atoms with Gasteiger partial charge in [-0.3, -0.25) is 24.1 Å². The van der Waals surface area contributed by atoms with Gasteiger partial charge in [-0.05, 0) is 66.6 Å². The van der Waals surface area contributed by atoms with Gasteiger partial charge in [0.05, 0.1) is 4.91 Å². The Bertz CT molecular complexity index is 1060. The Morgan fingerprint density at radius 1 is 1.10 bits per heavy atom. The van der Waals surface area contributed by atoms with Crippen LogP contribution in [0.2, 0.25) is 0 Å². The molecule has 3 amide bonds. The van der Waals surface area contributed by atoms with Crippen LogP contribution in [-0.4, -0.2) is 34.5 Å². The van der Waals surface area contributed by atoms with Crippen LogP contribution in [-0.2, 0) is 14.4 Å². The maximum Gasteiger partial charge on any atom is 0.308 e. The maximum atomic E-state index is 12.6. The molecule has 0 unspecified atom stereocenters. The maximum absolute atomic E-state index is 12.6. The first-order valence-corrected chi connectivity index (χ1v) is 9.96. The number of thioether (sulfide) groups is 1. The Morgan fingerprint density at radius 2 is 1.80 bits per heavy atom. The molecule has 3 rings (SSSR count). The monoisotopic (exact) mass is 424 g/mol. The molecule has 0 atom stereocenters. The number of esters is 1. The summed E-state index contributed by atoms with van der Waals surface area (Å²) in [6.45, 7) is 4.77. The van der Waals surface area contributed by atoms with Crippen molar-refractivity contribution in [2.45, 2.75) is 20.8 Å². The third kappa shape index (κ3) is 4.96. The highest BCUT2D eigenvalue weighted by Crippen LogP contribution is 2.32. The highest BCUT2D eigenvalue weighted by molar-refractivity contribution is 8.18. The summed E-state index contributed by atoms with van der Waals surface area (Å²) in [5, 5.41) is 2.25. The lowest BCUT2D eigenvalue weighted by atomic mass is 10.1. The van der Waals surface area contributed by atoms with E-state index in [2.05, 4.69) is 5.32 Å². The summed E-state index contributed by atoms with van der Waals surface area (Å²) in [5.74, 6) is -1.01. The zero-order valence-electron chi connectivity index (χ0n) is 16.7. The molecule has 0 bridgehead atoms. The number of aryl methyl sites for hydroxylation is 1. The van der Waals surface area contributed by atoms with Crippen LogP contribution in [0.3, 0.4) is 0 Å². The van der Waals surface area contributed by atoms with Crippen molar-refractivity contribution in [3.8, 4) is 5.75 Å². The van der Waals surface area contributed by atoms with Gasteiger partial charge in [0, 0.05) is 12.6 Å². The van der Waals surface area contributed by atoms with E-state index >= 15 is 0 Å². The third-order valence-corrected chi connectivity index (χ3v) is 5.40. The first-order chi connectivity index (χ1) is 14.2. The highest BCUT2D eigenvalue weighted by atomic mass is 32.2. The van der Waals surface area contributed by atoms with Crippen molar-refractivity contribution >= 4 is 46.5 Å². The molecule has 30 heavy (non-hydrogen) atoms. The van der Waals surface area contributed by atoms with Gasteiger partial charge in [-0.1, -0.05) is 24.3 Å². The van der Waals surface area contributed by atoms with Crippen molar-refractivity contribution in [1.82, 2.24) is 4.90 Å². The molecule has 0 saturated carbocycles. The smallest absolute Gasteiger partial charge is 0.308 e. The zero-order chi connectivity index (χ0) is 21.8. The summed E-state index contributed by atoms with van der Waals surface area (Å²) in [6, 6.07) is 12.1. The Balaban J connectivity index is 1.68. The number of nitrogens with zero attached hydrogens (tertiary/aromatic N) is 1. The van der Waals surface area contributed by atoms with Gasteiger partial charge in [-0.2, -0.15) is 0 Å². The van der Waals surface area contributed by atoms with Gasteiger partial charge in [-0.25, -0.2) is 0 Å². The molecule has 1 fully saturated rings. The average molecular weight is 424 g/mol. The van der Waals surface area contributed by atoms with Gasteiger partial charge in [0.15, 0.2) is 0 Å². The second-order valence-corrected chi connectivity index (χ2v) is 7.72. The predicted octanol–water partition coefficient (Wildman–Crippen LogP) is 3.90. The Labute approximate surface area is 178 Å². The molecule has 8 heteroatoms. The fraction of sp³-hybridized carbons (Fsp3) is 0.182. The van der Waals surface area contributed by atoms with Gasteiger partial charge in [0.1, 0.15) is 12.3 Å². The summed E-state index contributed by atoms with van der Waals surface area (Å²) >= 11 is 0.779. The number of benzene rings is 2. The van der Waals surface area contributed by atoms with E-state index in [-0.39, 0.29) is 11.4 Å². The Morgan fingerprint density at radius 3 is 2.47 bits per heavy atom. The number of ether oxygens (including phenoxy) is 1. The lowest BCUT2D eigenvalue weighted by molar-refractivity contribution is -0.131. The summed E-state index contributed by atoms with van der Waals surface area (Å²) in [4.78, 5) is 49.4. The fourth-order valence-corrected chi connectivity index (χ4v) is 3.64. The summed E-state index contributed by atoms with van der Waals surface area (Å²) < 4.78 is 4.96. The van der Waals surface area contributed by atoms with Crippen molar-refractivity contribution < 1.29 is 23.9 Å². The number of carbonyl (C=O) groups excluding carboxylic acids is 4. The molecule has 1 aliphatic heterocycles. The zero-order valence-corrected chi connectivity index (χ0v) is 17.5. The second kappa shape index (κ2) is 8.96. The van der Waals surface area contributed by atoms with Crippen LogP contribution in [0.1, 0.15) is 23.6 Å². The third-order valence-electron chi connectivity index (χ3n) is 4.49. The Hall–Kier alpha value is -3.39. The largest absolute Gasteiger partial charge is 0.427 e. The van der Waals surface area contributed by atoms with Gasteiger partial charge < -0.3 is 10.1 Å². The minimum absolute atomic E-state index is 0.222. The average Bonchev–Trinajstić information content (AvgIpc) is 2.94. The molecule has 2 aromatic rings. The van der Waals surface area contributed by atoms with Crippen molar-refractivity contribution in [2.24, 2.45) is 0 Å². The number of hydrogen-bond donors (Lipinski definition) is 1. The Kier molecular flexibility index (Phi) is 6.37. The van der Waals surface area contributed by atoms with E-state index in [9.17, 15) is 19.2 Å². The molecule has 7 nitrogen and oxygen atoms in total. The van der Waals surface area contributed by atoms with Crippen LogP contribution >= 0.6 is 11.8 Å². The standard InChI is InChI=1S/C22H20N2O5S/c1-13-5-4-6-18(14(13)2)23-20(26)12-24-21(27)19(30-22(24)28)11-16-7-9-17(10-8-16)29-15(3)25/h4-11H,12H2,1-3H3,(H,23,26)/b19-11+. The van der Waals surface area contributed by atoms with Gasteiger partial charge in [0.2, 0.25) is 5.91 Å². The van der Waals surface area contributed by atoms with Crippen LogP contribution < -0.4 is 10.1 Å². The van der Waals surface area contributed by atoms with Crippen molar-refractivity contribution in [3.05, 3.63) is 64.1 Å². The predicted molar refractivity (Wildman–Crippen MR) is 115 cm³/mol.